The molecule has 1 heterocycles. The van der Waals surface area contributed by atoms with E-state index in [0.29, 0.717) is 23.7 Å². The van der Waals surface area contributed by atoms with Crippen molar-refractivity contribution in [1.82, 2.24) is 5.32 Å². The molecule has 1 aliphatic heterocycles. The monoisotopic (exact) mass is 255 g/mol. The van der Waals surface area contributed by atoms with Gasteiger partial charge in [-0.25, -0.2) is 0 Å². The SMILES string of the molecule is CCCNC(CCCC(C)(C)C)C1CCC(C)O1. The van der Waals surface area contributed by atoms with Crippen molar-refractivity contribution >= 4 is 0 Å². The highest BCUT2D eigenvalue weighted by atomic mass is 16.5. The number of nitrogens with one attached hydrogen (secondary N) is 1. The summed E-state index contributed by atoms with van der Waals surface area (Å²) in [5.41, 5.74) is 0.457. The largest absolute Gasteiger partial charge is 0.374 e. The van der Waals surface area contributed by atoms with E-state index in [1.165, 1.54) is 38.5 Å². The Morgan fingerprint density at radius 1 is 1.28 bits per heavy atom. The normalized spacial score (nSPS) is 26.5. The highest BCUT2D eigenvalue weighted by molar-refractivity contribution is 4.83. The average Bonchev–Trinajstić information content (AvgIpc) is 2.68. The Kier molecular flexibility index (Phi) is 6.65. The molecule has 0 radical (unpaired) electrons. The standard InChI is InChI=1S/C16H33NO/c1-6-12-17-14(8-7-11-16(3,4)5)15-10-9-13(2)18-15/h13-15,17H,6-12H2,1-5H3. The first-order valence-electron chi connectivity index (χ1n) is 7.81. The summed E-state index contributed by atoms with van der Waals surface area (Å²) >= 11 is 0. The van der Waals surface area contributed by atoms with Crippen molar-refractivity contribution < 1.29 is 4.74 Å². The Labute approximate surface area is 114 Å². The van der Waals surface area contributed by atoms with E-state index in [9.17, 15) is 0 Å². The molecule has 0 aromatic rings. The zero-order chi connectivity index (χ0) is 13.6. The van der Waals surface area contributed by atoms with Crippen LogP contribution in [0.2, 0.25) is 0 Å². The summed E-state index contributed by atoms with van der Waals surface area (Å²) < 4.78 is 6.04. The summed E-state index contributed by atoms with van der Waals surface area (Å²) in [6, 6.07) is 0.567. The molecule has 0 bridgehead atoms. The van der Waals surface area contributed by atoms with Crippen molar-refractivity contribution in [2.24, 2.45) is 5.41 Å². The minimum atomic E-state index is 0.450. The van der Waals surface area contributed by atoms with Crippen molar-refractivity contribution in [1.29, 1.82) is 0 Å². The molecule has 2 nitrogen and oxygen atoms in total. The molecule has 3 atom stereocenters. The third kappa shape index (κ3) is 6.19. The summed E-state index contributed by atoms with van der Waals surface area (Å²) in [5, 5.41) is 3.69. The van der Waals surface area contributed by atoms with Crippen LogP contribution in [0.1, 0.15) is 73.1 Å². The molecule has 1 saturated heterocycles. The van der Waals surface area contributed by atoms with Gasteiger partial charge in [0.05, 0.1) is 12.2 Å². The van der Waals surface area contributed by atoms with Gasteiger partial charge in [-0.1, -0.05) is 34.1 Å². The summed E-state index contributed by atoms with van der Waals surface area (Å²) in [7, 11) is 0. The van der Waals surface area contributed by atoms with Crippen molar-refractivity contribution in [2.75, 3.05) is 6.54 Å². The van der Waals surface area contributed by atoms with Gasteiger partial charge in [-0.2, -0.15) is 0 Å². The summed E-state index contributed by atoms with van der Waals surface area (Å²) in [4.78, 5) is 0. The Balaban J connectivity index is 2.35. The fraction of sp³-hybridized carbons (Fsp3) is 1.00. The lowest BCUT2D eigenvalue weighted by Gasteiger charge is -2.26. The predicted octanol–water partition coefficient (Wildman–Crippen LogP) is 4.14. The molecule has 3 unspecified atom stereocenters. The number of hydrogen-bond donors (Lipinski definition) is 1. The van der Waals surface area contributed by atoms with Crippen LogP contribution in [0.15, 0.2) is 0 Å². The first-order chi connectivity index (χ1) is 8.42. The highest BCUT2D eigenvalue weighted by Crippen LogP contribution is 2.27. The Morgan fingerprint density at radius 2 is 2.00 bits per heavy atom. The zero-order valence-electron chi connectivity index (χ0n) is 13.1. The van der Waals surface area contributed by atoms with E-state index >= 15 is 0 Å². The maximum atomic E-state index is 6.04. The van der Waals surface area contributed by atoms with Crippen molar-refractivity contribution in [2.45, 2.75) is 91.4 Å². The lowest BCUT2D eigenvalue weighted by atomic mass is 9.88. The third-order valence-corrected chi connectivity index (χ3v) is 3.81. The molecule has 0 aromatic carbocycles. The van der Waals surface area contributed by atoms with Crippen LogP contribution in [0, 0.1) is 5.41 Å². The Hall–Kier alpha value is -0.0800. The van der Waals surface area contributed by atoms with Crippen LogP contribution in [0.3, 0.4) is 0 Å². The summed E-state index contributed by atoms with van der Waals surface area (Å²) in [6.45, 7) is 12.5. The van der Waals surface area contributed by atoms with E-state index in [1.54, 1.807) is 0 Å². The fourth-order valence-electron chi connectivity index (χ4n) is 2.73. The molecule has 1 rings (SSSR count). The maximum Gasteiger partial charge on any atom is 0.0732 e. The zero-order valence-corrected chi connectivity index (χ0v) is 13.1. The summed E-state index contributed by atoms with van der Waals surface area (Å²) in [6.07, 6.45) is 8.45. The smallest absolute Gasteiger partial charge is 0.0732 e. The van der Waals surface area contributed by atoms with Gasteiger partial charge in [0.1, 0.15) is 0 Å². The minimum absolute atomic E-state index is 0.450. The number of hydrogen-bond acceptors (Lipinski definition) is 2. The second-order valence-corrected chi connectivity index (χ2v) is 7.08. The lowest BCUT2D eigenvalue weighted by Crippen LogP contribution is -2.40. The lowest BCUT2D eigenvalue weighted by molar-refractivity contribution is 0.0290. The van der Waals surface area contributed by atoms with E-state index in [-0.39, 0.29) is 0 Å². The van der Waals surface area contributed by atoms with Gasteiger partial charge in [0, 0.05) is 6.04 Å². The van der Waals surface area contributed by atoms with Crippen LogP contribution < -0.4 is 5.32 Å². The van der Waals surface area contributed by atoms with Crippen molar-refractivity contribution in [3.8, 4) is 0 Å². The molecule has 0 aromatic heterocycles. The molecule has 0 spiro atoms. The average molecular weight is 255 g/mol. The van der Waals surface area contributed by atoms with Crippen LogP contribution in [-0.4, -0.2) is 24.8 Å². The predicted molar refractivity (Wildman–Crippen MR) is 79.0 cm³/mol. The van der Waals surface area contributed by atoms with Gasteiger partial charge in [-0.3, -0.25) is 0 Å². The van der Waals surface area contributed by atoms with Crippen molar-refractivity contribution in [3.05, 3.63) is 0 Å². The van der Waals surface area contributed by atoms with Gasteiger partial charge in [0.2, 0.25) is 0 Å². The molecule has 1 fully saturated rings. The van der Waals surface area contributed by atoms with E-state index in [0.717, 1.165) is 6.54 Å². The summed E-state index contributed by atoms with van der Waals surface area (Å²) in [5.74, 6) is 0. The number of ether oxygens (including phenoxy) is 1. The topological polar surface area (TPSA) is 21.3 Å². The fourth-order valence-corrected chi connectivity index (χ4v) is 2.73. The molecule has 108 valence electrons. The molecule has 1 aliphatic rings. The highest BCUT2D eigenvalue weighted by Gasteiger charge is 2.29. The van der Waals surface area contributed by atoms with E-state index in [1.807, 2.05) is 0 Å². The maximum absolute atomic E-state index is 6.04. The van der Waals surface area contributed by atoms with Crippen LogP contribution >= 0.6 is 0 Å². The van der Waals surface area contributed by atoms with E-state index in [4.69, 9.17) is 4.74 Å². The van der Waals surface area contributed by atoms with E-state index in [2.05, 4.69) is 39.9 Å². The molecule has 1 N–H and O–H groups in total. The van der Waals surface area contributed by atoms with Crippen LogP contribution in [-0.2, 0) is 4.74 Å². The second-order valence-electron chi connectivity index (χ2n) is 7.08. The first-order valence-corrected chi connectivity index (χ1v) is 7.81. The first kappa shape index (κ1) is 16.0. The Morgan fingerprint density at radius 3 is 2.50 bits per heavy atom. The molecular formula is C16H33NO. The molecule has 0 aliphatic carbocycles. The van der Waals surface area contributed by atoms with Crippen molar-refractivity contribution in [3.63, 3.8) is 0 Å². The molecule has 2 heteroatoms. The molecule has 0 saturated carbocycles. The van der Waals surface area contributed by atoms with E-state index < -0.39 is 0 Å². The van der Waals surface area contributed by atoms with Gasteiger partial charge in [-0.05, 0) is 51.0 Å². The number of rotatable bonds is 7. The third-order valence-electron chi connectivity index (χ3n) is 3.81. The molecule has 18 heavy (non-hydrogen) atoms. The van der Waals surface area contributed by atoms with Crippen LogP contribution in [0.25, 0.3) is 0 Å². The van der Waals surface area contributed by atoms with Crippen LogP contribution in [0.4, 0.5) is 0 Å². The molecule has 0 amide bonds. The minimum Gasteiger partial charge on any atom is -0.374 e. The van der Waals surface area contributed by atoms with Gasteiger partial charge in [0.15, 0.2) is 0 Å². The second kappa shape index (κ2) is 7.49. The van der Waals surface area contributed by atoms with Gasteiger partial charge in [-0.15, -0.1) is 0 Å². The Bertz CT molecular complexity index is 222. The molecular weight excluding hydrogens is 222 g/mol. The van der Waals surface area contributed by atoms with Gasteiger partial charge >= 0.3 is 0 Å². The van der Waals surface area contributed by atoms with Gasteiger partial charge < -0.3 is 10.1 Å². The quantitative estimate of drug-likeness (QED) is 0.738. The van der Waals surface area contributed by atoms with Gasteiger partial charge in [0.25, 0.3) is 0 Å². The van der Waals surface area contributed by atoms with Crippen LogP contribution in [0.5, 0.6) is 0 Å².